The van der Waals surface area contributed by atoms with Crippen LogP contribution in [0.4, 0.5) is 0 Å². The fraction of sp³-hybridized carbons (Fsp3) is 1.00. The molecule has 0 saturated carbocycles. The fourth-order valence-electron chi connectivity index (χ4n) is 0.867. The zero-order valence-corrected chi connectivity index (χ0v) is 9.13. The summed E-state index contributed by atoms with van der Waals surface area (Å²) in [6, 6.07) is 0. The molecule has 0 bridgehead atoms. The van der Waals surface area contributed by atoms with Gasteiger partial charge in [0.1, 0.15) is 0 Å². The van der Waals surface area contributed by atoms with E-state index >= 15 is 0 Å². The van der Waals surface area contributed by atoms with Gasteiger partial charge in [0.05, 0.1) is 0 Å². The molecule has 0 aliphatic rings. The van der Waals surface area contributed by atoms with Crippen molar-refractivity contribution in [3.05, 3.63) is 0 Å². The molecule has 0 rings (SSSR count). The number of nitrogens with zero attached hydrogens (tertiary/aromatic N) is 1. The van der Waals surface area contributed by atoms with Gasteiger partial charge < -0.3 is 0 Å². The monoisotopic (exact) mass is 256 g/mol. The molecule has 1 unspecified atom stereocenters. The topological polar surface area (TPSA) is 29.3 Å². The predicted molar refractivity (Wildman–Crippen MR) is 54.1 cm³/mol. The lowest BCUT2D eigenvalue weighted by Crippen LogP contribution is -2.37. The van der Waals surface area contributed by atoms with Crippen molar-refractivity contribution >= 4 is 22.6 Å². The minimum Gasteiger partial charge on any atom is -0.269 e. The molecule has 3 heteroatoms. The van der Waals surface area contributed by atoms with Gasteiger partial charge in [-0.3, -0.25) is 5.84 Å². The smallest absolute Gasteiger partial charge is 0.0244 e. The van der Waals surface area contributed by atoms with Crippen molar-refractivity contribution < 1.29 is 0 Å². The molecule has 0 aliphatic heterocycles. The van der Waals surface area contributed by atoms with Crippen LogP contribution in [0.2, 0.25) is 0 Å². The van der Waals surface area contributed by atoms with Crippen LogP contribution < -0.4 is 5.84 Å². The number of rotatable bonds is 4. The predicted octanol–water partition coefficient (Wildman–Crippen LogP) is 1.64. The first-order valence-corrected chi connectivity index (χ1v) is 4.90. The summed E-state index contributed by atoms with van der Waals surface area (Å²) < 4.78 is 0.640. The van der Waals surface area contributed by atoms with Gasteiger partial charge in [-0.2, -0.15) is 0 Å². The summed E-state index contributed by atoms with van der Waals surface area (Å²) in [5.74, 6) is 6.37. The molecule has 0 saturated heterocycles. The summed E-state index contributed by atoms with van der Waals surface area (Å²) in [6.45, 7) is 8.50. The average Bonchev–Trinajstić information content (AvgIpc) is 1.58. The van der Waals surface area contributed by atoms with Gasteiger partial charge in [0.15, 0.2) is 0 Å². The lowest BCUT2D eigenvalue weighted by molar-refractivity contribution is 0.257. The molecule has 0 fully saturated rings. The van der Waals surface area contributed by atoms with Crippen LogP contribution in [0.15, 0.2) is 0 Å². The van der Waals surface area contributed by atoms with E-state index < -0.39 is 0 Å². The van der Waals surface area contributed by atoms with Crippen molar-refractivity contribution in [2.75, 3.05) is 13.1 Å². The Bertz CT molecular complexity index is 73.7. The number of nitrogens with two attached hydrogens (primary N) is 1. The van der Waals surface area contributed by atoms with Gasteiger partial charge in [0.25, 0.3) is 0 Å². The molecule has 62 valence electrons. The first-order chi connectivity index (χ1) is 4.52. The van der Waals surface area contributed by atoms with Crippen LogP contribution in [-0.2, 0) is 0 Å². The van der Waals surface area contributed by atoms with Gasteiger partial charge in [-0.15, -0.1) is 0 Å². The zero-order chi connectivity index (χ0) is 8.15. The second-order valence-corrected chi connectivity index (χ2v) is 5.25. The molecule has 0 heterocycles. The molecule has 0 aliphatic carbocycles. The molecule has 0 radical (unpaired) electrons. The highest BCUT2D eigenvalue weighted by molar-refractivity contribution is 14.1. The summed E-state index contributed by atoms with van der Waals surface area (Å²) in [5, 5.41) is 1.89. The Hall–Kier alpha value is 0.650. The molecule has 2 nitrogen and oxygen atoms in total. The standard InChI is InChI=1S/C7H17IN2/c1-6(2)4-10(9)5-7(3)8/h6-7H,4-5,9H2,1-3H3. The van der Waals surface area contributed by atoms with Crippen molar-refractivity contribution in [1.29, 1.82) is 0 Å². The van der Waals surface area contributed by atoms with E-state index in [0.717, 1.165) is 13.1 Å². The molecular weight excluding hydrogens is 239 g/mol. The van der Waals surface area contributed by atoms with Crippen LogP contribution in [0.1, 0.15) is 20.8 Å². The van der Waals surface area contributed by atoms with E-state index in [1.165, 1.54) is 0 Å². The second kappa shape index (κ2) is 5.32. The van der Waals surface area contributed by atoms with E-state index in [1.807, 2.05) is 5.01 Å². The Morgan fingerprint density at radius 2 is 1.80 bits per heavy atom. The van der Waals surface area contributed by atoms with E-state index in [9.17, 15) is 0 Å². The molecular formula is C7H17IN2. The Balaban J connectivity index is 3.34. The maximum Gasteiger partial charge on any atom is 0.0244 e. The zero-order valence-electron chi connectivity index (χ0n) is 6.97. The van der Waals surface area contributed by atoms with Crippen molar-refractivity contribution in [3.8, 4) is 0 Å². The van der Waals surface area contributed by atoms with Crippen LogP contribution in [0.5, 0.6) is 0 Å². The largest absolute Gasteiger partial charge is 0.269 e. The third kappa shape index (κ3) is 6.77. The number of hydrogen-bond donors (Lipinski definition) is 1. The lowest BCUT2D eigenvalue weighted by Gasteiger charge is -2.19. The summed E-state index contributed by atoms with van der Waals surface area (Å²) in [4.78, 5) is 0. The molecule has 0 spiro atoms. The molecule has 0 aromatic heterocycles. The molecule has 0 amide bonds. The summed E-state index contributed by atoms with van der Waals surface area (Å²) in [7, 11) is 0. The molecule has 2 N–H and O–H groups in total. The summed E-state index contributed by atoms with van der Waals surface area (Å²) in [6.07, 6.45) is 0. The van der Waals surface area contributed by atoms with E-state index in [0.29, 0.717) is 9.84 Å². The molecule has 0 aromatic rings. The van der Waals surface area contributed by atoms with Crippen molar-refractivity contribution in [2.45, 2.75) is 24.7 Å². The highest BCUT2D eigenvalue weighted by Crippen LogP contribution is 2.01. The van der Waals surface area contributed by atoms with Crippen LogP contribution in [0.25, 0.3) is 0 Å². The second-order valence-electron chi connectivity index (χ2n) is 3.13. The van der Waals surface area contributed by atoms with Gasteiger partial charge in [-0.1, -0.05) is 43.4 Å². The first-order valence-electron chi connectivity index (χ1n) is 3.66. The summed E-state index contributed by atoms with van der Waals surface area (Å²) in [5.41, 5.74) is 0. The van der Waals surface area contributed by atoms with Crippen molar-refractivity contribution in [1.82, 2.24) is 5.01 Å². The Morgan fingerprint density at radius 3 is 2.10 bits per heavy atom. The highest BCUT2D eigenvalue weighted by atomic mass is 127. The van der Waals surface area contributed by atoms with Gasteiger partial charge in [0.2, 0.25) is 0 Å². The summed E-state index contributed by atoms with van der Waals surface area (Å²) >= 11 is 2.38. The van der Waals surface area contributed by atoms with Crippen LogP contribution in [-0.4, -0.2) is 22.0 Å². The number of hydrogen-bond acceptors (Lipinski definition) is 2. The van der Waals surface area contributed by atoms with E-state index in [2.05, 4.69) is 43.4 Å². The van der Waals surface area contributed by atoms with E-state index in [-0.39, 0.29) is 0 Å². The average molecular weight is 256 g/mol. The third-order valence-corrected chi connectivity index (χ3v) is 1.48. The Labute approximate surface area is 77.3 Å². The number of alkyl halides is 1. The van der Waals surface area contributed by atoms with Gasteiger partial charge in [-0.25, -0.2) is 5.01 Å². The van der Waals surface area contributed by atoms with Crippen molar-refractivity contribution in [3.63, 3.8) is 0 Å². The fourth-order valence-corrected chi connectivity index (χ4v) is 1.37. The quantitative estimate of drug-likeness (QED) is 0.358. The molecule has 1 atom stereocenters. The molecule has 10 heavy (non-hydrogen) atoms. The van der Waals surface area contributed by atoms with Crippen LogP contribution in [0.3, 0.4) is 0 Å². The lowest BCUT2D eigenvalue weighted by atomic mass is 10.2. The third-order valence-electron chi connectivity index (χ3n) is 1.09. The Kier molecular flexibility index (Phi) is 5.67. The molecule has 0 aromatic carbocycles. The minimum absolute atomic E-state index is 0.640. The van der Waals surface area contributed by atoms with Gasteiger partial charge >= 0.3 is 0 Å². The maximum atomic E-state index is 5.70. The van der Waals surface area contributed by atoms with Crippen LogP contribution in [0, 0.1) is 5.92 Å². The van der Waals surface area contributed by atoms with Gasteiger partial charge in [-0.05, 0) is 5.92 Å². The van der Waals surface area contributed by atoms with Crippen molar-refractivity contribution in [2.24, 2.45) is 11.8 Å². The van der Waals surface area contributed by atoms with Gasteiger partial charge in [0, 0.05) is 17.0 Å². The van der Waals surface area contributed by atoms with E-state index in [4.69, 9.17) is 5.84 Å². The maximum absolute atomic E-state index is 5.70. The number of halogens is 1. The first kappa shape index (κ1) is 10.7. The van der Waals surface area contributed by atoms with Crippen LogP contribution >= 0.6 is 22.6 Å². The normalized spacial score (nSPS) is 14.7. The minimum atomic E-state index is 0.640. The van der Waals surface area contributed by atoms with E-state index in [1.54, 1.807) is 0 Å². The Morgan fingerprint density at radius 1 is 1.30 bits per heavy atom. The highest BCUT2D eigenvalue weighted by Gasteiger charge is 2.04. The SMILES string of the molecule is CC(C)CN(N)CC(C)I. The number of hydrazine groups is 1.